The van der Waals surface area contributed by atoms with Gasteiger partial charge in [-0.1, -0.05) is 69.9 Å². The monoisotopic (exact) mass is 762 g/mol. The molecule has 15 heteroatoms. The molecule has 2 fully saturated rings. The molecule has 0 bridgehead atoms. The lowest BCUT2D eigenvalue weighted by molar-refractivity contribution is -0.298. The number of rotatable bonds is 21. The SMILES string of the molecule is CCCCCC1(CCCCC)O[C@@H]2[C@@H](C=C(C(=O)NCCC(=O)NCCO)C[C@H]2OC(=O)c2ccccc2C=CCO[C@H]2O[C@H](CO)[C@H](O)[C@H](O)[C@H]2O)O1. The predicted octanol–water partition coefficient (Wildman–Crippen LogP) is 1.63. The van der Waals surface area contributed by atoms with Gasteiger partial charge in [-0.25, -0.2) is 4.79 Å². The first-order chi connectivity index (χ1) is 26.1. The van der Waals surface area contributed by atoms with Crippen molar-refractivity contribution in [3.8, 4) is 0 Å². The molecule has 0 aromatic heterocycles. The van der Waals surface area contributed by atoms with Crippen molar-refractivity contribution in [3.05, 3.63) is 53.1 Å². The van der Waals surface area contributed by atoms with Gasteiger partial charge in [0.25, 0.3) is 0 Å². The van der Waals surface area contributed by atoms with E-state index in [0.29, 0.717) is 24.0 Å². The van der Waals surface area contributed by atoms with Crippen molar-refractivity contribution >= 4 is 23.9 Å². The normalized spacial score (nSPS) is 27.6. The van der Waals surface area contributed by atoms with Crippen LogP contribution in [0.15, 0.2) is 42.0 Å². The number of unbranched alkanes of at least 4 members (excludes halogenated alkanes) is 4. The highest BCUT2D eigenvalue weighted by Gasteiger charge is 2.52. The van der Waals surface area contributed by atoms with Gasteiger partial charge in [-0.15, -0.1) is 0 Å². The lowest BCUT2D eigenvalue weighted by Crippen LogP contribution is -2.59. The number of benzene rings is 1. The Morgan fingerprint density at radius 1 is 0.926 bits per heavy atom. The highest BCUT2D eigenvalue weighted by atomic mass is 16.8. The second kappa shape index (κ2) is 21.7. The topological polar surface area (TPSA) is 223 Å². The van der Waals surface area contributed by atoms with Crippen molar-refractivity contribution in [3.63, 3.8) is 0 Å². The summed E-state index contributed by atoms with van der Waals surface area (Å²) in [7, 11) is 0. The molecule has 1 aromatic carbocycles. The van der Waals surface area contributed by atoms with Crippen LogP contribution in [0.3, 0.4) is 0 Å². The van der Waals surface area contributed by atoms with Crippen molar-refractivity contribution in [2.75, 3.05) is 32.9 Å². The van der Waals surface area contributed by atoms with Crippen molar-refractivity contribution in [2.45, 2.75) is 133 Å². The van der Waals surface area contributed by atoms with E-state index in [9.17, 15) is 34.8 Å². The highest BCUT2D eigenvalue weighted by Crippen LogP contribution is 2.43. The minimum atomic E-state index is -1.57. The Labute approximate surface area is 316 Å². The number of hydrogen-bond donors (Lipinski definition) is 7. The molecule has 4 rings (SSSR count). The lowest BCUT2D eigenvalue weighted by atomic mass is 9.91. The average Bonchev–Trinajstić information content (AvgIpc) is 3.54. The smallest absolute Gasteiger partial charge is 0.339 e. The van der Waals surface area contributed by atoms with E-state index in [4.69, 9.17) is 28.8 Å². The molecule has 0 unspecified atom stereocenters. The number of carbonyl (C=O) groups is 3. The lowest BCUT2D eigenvalue weighted by Gasteiger charge is -2.39. The fourth-order valence-electron chi connectivity index (χ4n) is 6.85. The minimum absolute atomic E-state index is 0.0267. The maximum absolute atomic E-state index is 13.9. The number of carbonyl (C=O) groups excluding carboxylic acids is 3. The number of aliphatic hydroxyl groups excluding tert-OH is 5. The van der Waals surface area contributed by atoms with Crippen LogP contribution >= 0.6 is 0 Å². The van der Waals surface area contributed by atoms with Gasteiger partial charge in [0.05, 0.1) is 25.4 Å². The molecule has 2 saturated heterocycles. The number of ether oxygens (including phenoxy) is 5. The number of nitrogens with one attached hydrogen (secondary N) is 2. The molecule has 0 saturated carbocycles. The molecule has 0 radical (unpaired) electrons. The van der Waals surface area contributed by atoms with Crippen LogP contribution in [0, 0.1) is 0 Å². The van der Waals surface area contributed by atoms with E-state index in [1.54, 1.807) is 42.5 Å². The van der Waals surface area contributed by atoms with Crippen LogP contribution in [0.5, 0.6) is 0 Å². The minimum Gasteiger partial charge on any atom is -0.456 e. The van der Waals surface area contributed by atoms with Crippen LogP contribution in [-0.4, -0.2) is 131 Å². The summed E-state index contributed by atoms with van der Waals surface area (Å²) >= 11 is 0. The second-order valence-corrected chi connectivity index (χ2v) is 13.9. The first-order valence-corrected chi connectivity index (χ1v) is 19.2. The second-order valence-electron chi connectivity index (χ2n) is 13.9. The molecular weight excluding hydrogens is 704 g/mol. The fourth-order valence-corrected chi connectivity index (χ4v) is 6.85. The molecule has 15 nitrogen and oxygen atoms in total. The van der Waals surface area contributed by atoms with E-state index in [2.05, 4.69) is 24.5 Å². The van der Waals surface area contributed by atoms with Crippen LogP contribution in [-0.2, 0) is 33.3 Å². The molecule has 7 N–H and O–H groups in total. The molecule has 1 aliphatic carbocycles. The van der Waals surface area contributed by atoms with Gasteiger partial charge in [0.15, 0.2) is 12.1 Å². The van der Waals surface area contributed by atoms with Gasteiger partial charge in [-0.05, 0) is 30.5 Å². The van der Waals surface area contributed by atoms with Crippen LogP contribution in [0.1, 0.15) is 94.0 Å². The Bertz CT molecular complexity index is 1410. The summed E-state index contributed by atoms with van der Waals surface area (Å²) in [4.78, 5) is 39.3. The van der Waals surface area contributed by atoms with Crippen molar-refractivity contribution in [1.29, 1.82) is 0 Å². The van der Waals surface area contributed by atoms with Gasteiger partial charge >= 0.3 is 5.97 Å². The third-order valence-electron chi connectivity index (χ3n) is 9.81. The Hall–Kier alpha value is -3.25. The fraction of sp³-hybridized carbons (Fsp3) is 0.667. The maximum Gasteiger partial charge on any atom is 0.339 e. The van der Waals surface area contributed by atoms with E-state index in [0.717, 1.165) is 38.5 Å². The predicted molar refractivity (Wildman–Crippen MR) is 196 cm³/mol. The largest absolute Gasteiger partial charge is 0.456 e. The Morgan fingerprint density at radius 2 is 1.65 bits per heavy atom. The maximum atomic E-state index is 13.9. The van der Waals surface area contributed by atoms with E-state index >= 15 is 0 Å². The molecule has 2 heterocycles. The third-order valence-corrected chi connectivity index (χ3v) is 9.81. The molecule has 0 spiro atoms. The third kappa shape index (κ3) is 11.9. The van der Waals surface area contributed by atoms with E-state index in [-0.39, 0.29) is 50.6 Å². The number of aliphatic hydroxyl groups is 5. The average molecular weight is 763 g/mol. The standard InChI is InChI=1S/C39H58N2O13/c1-3-5-9-16-39(17-10-6-4-2)53-29-23-26(36(48)41-18-15-31(44)40-19-20-42)22-28(35(29)54-39)51-37(49)27-14-8-7-12-25(27)13-11-21-50-38-34(47)33(46)32(45)30(24-43)52-38/h7-8,11-14,23,28-30,32-35,38,42-43,45-47H,3-6,9-10,15-22,24H2,1-2H3,(H,40,44)(H,41,48)/t28-,29-,30-,32+,33+,34-,35+,38+/m1/s1. The molecule has 3 aliphatic rings. The van der Waals surface area contributed by atoms with Gasteiger partial charge in [-0.3, -0.25) is 9.59 Å². The molecule has 1 aromatic rings. The van der Waals surface area contributed by atoms with Crippen molar-refractivity contribution in [2.24, 2.45) is 0 Å². The van der Waals surface area contributed by atoms with Crippen LogP contribution in [0.2, 0.25) is 0 Å². The Morgan fingerprint density at radius 3 is 2.33 bits per heavy atom. The van der Waals surface area contributed by atoms with Crippen LogP contribution in [0.4, 0.5) is 0 Å². The number of hydrogen-bond acceptors (Lipinski definition) is 13. The van der Waals surface area contributed by atoms with Gasteiger partial charge in [0, 0.05) is 44.3 Å². The molecule has 2 aliphatic heterocycles. The summed E-state index contributed by atoms with van der Waals surface area (Å²) in [6.07, 6.45) is 2.97. The summed E-state index contributed by atoms with van der Waals surface area (Å²) in [6, 6.07) is 6.76. The summed E-state index contributed by atoms with van der Waals surface area (Å²) in [5.41, 5.74) is 1.09. The zero-order valence-electron chi connectivity index (χ0n) is 31.3. The number of amides is 2. The van der Waals surface area contributed by atoms with Gasteiger partial charge in [-0.2, -0.15) is 0 Å². The van der Waals surface area contributed by atoms with E-state index < -0.39 is 73.3 Å². The molecule has 302 valence electrons. The molecule has 8 atom stereocenters. The zero-order chi connectivity index (χ0) is 39.1. The highest BCUT2D eigenvalue weighted by molar-refractivity contribution is 5.95. The molecular formula is C39H58N2O13. The van der Waals surface area contributed by atoms with Gasteiger partial charge < -0.3 is 59.9 Å². The number of fused-ring (bicyclic) bond motifs is 1. The first kappa shape index (κ1) is 43.5. The van der Waals surface area contributed by atoms with Crippen molar-refractivity contribution in [1.82, 2.24) is 10.6 Å². The van der Waals surface area contributed by atoms with Crippen LogP contribution < -0.4 is 10.6 Å². The zero-order valence-corrected chi connectivity index (χ0v) is 31.3. The van der Waals surface area contributed by atoms with E-state index in [1.807, 2.05) is 0 Å². The van der Waals surface area contributed by atoms with Gasteiger partial charge in [0.2, 0.25) is 11.8 Å². The quantitative estimate of drug-likeness (QED) is 0.0700. The van der Waals surface area contributed by atoms with Crippen LogP contribution in [0.25, 0.3) is 6.08 Å². The molecule has 2 amide bonds. The van der Waals surface area contributed by atoms with Gasteiger partial charge in [0.1, 0.15) is 42.7 Å². The Kier molecular flexibility index (Phi) is 17.5. The summed E-state index contributed by atoms with van der Waals surface area (Å²) in [6.45, 7) is 3.57. The number of esters is 1. The Balaban J connectivity index is 1.49. The van der Waals surface area contributed by atoms with E-state index in [1.165, 1.54) is 0 Å². The summed E-state index contributed by atoms with van der Waals surface area (Å²) < 4.78 is 30.5. The summed E-state index contributed by atoms with van der Waals surface area (Å²) in [5.74, 6) is -2.25. The molecule has 54 heavy (non-hydrogen) atoms. The summed E-state index contributed by atoms with van der Waals surface area (Å²) in [5, 5.41) is 54.0. The van der Waals surface area contributed by atoms with Crippen molar-refractivity contribution < 1.29 is 63.6 Å². The first-order valence-electron chi connectivity index (χ1n) is 19.2.